The third-order valence-corrected chi connectivity index (χ3v) is 4.79. The van der Waals surface area contributed by atoms with E-state index in [-0.39, 0.29) is 0 Å². The quantitative estimate of drug-likeness (QED) is 0.877. The van der Waals surface area contributed by atoms with Crippen molar-refractivity contribution in [2.45, 2.75) is 41.9 Å². The molecule has 1 nitrogen and oxygen atoms in total. The molecule has 2 atom stereocenters. The van der Waals surface area contributed by atoms with Gasteiger partial charge in [0.05, 0.1) is 0 Å². The van der Waals surface area contributed by atoms with Gasteiger partial charge in [-0.05, 0) is 38.1 Å². The fraction of sp³-hybridized carbons (Fsp3) is 0.538. The van der Waals surface area contributed by atoms with Crippen LogP contribution in [0.25, 0.3) is 0 Å². The number of hydrogen-bond donors (Lipinski definition) is 1. The predicted molar refractivity (Wildman–Crippen MR) is 72.4 cm³/mol. The molecule has 0 amide bonds. The molecule has 0 bridgehead atoms. The van der Waals surface area contributed by atoms with E-state index >= 15 is 0 Å². The summed E-state index contributed by atoms with van der Waals surface area (Å²) in [5.74, 6) is 0. The molecule has 1 aromatic carbocycles. The summed E-state index contributed by atoms with van der Waals surface area (Å²) in [4.78, 5) is 1.29. The highest BCUT2D eigenvalue weighted by atomic mass is 35.5. The van der Waals surface area contributed by atoms with Crippen LogP contribution in [-0.2, 0) is 0 Å². The molecule has 1 N–H and O–H groups in total. The van der Waals surface area contributed by atoms with Gasteiger partial charge in [0, 0.05) is 21.2 Å². The number of benzene rings is 1. The third kappa shape index (κ3) is 3.16. The highest BCUT2D eigenvalue weighted by Crippen LogP contribution is 2.34. The Labute approximate surface area is 107 Å². The summed E-state index contributed by atoms with van der Waals surface area (Å²) in [7, 11) is 2.07. The minimum Gasteiger partial charge on any atom is -0.316 e. The molecule has 2 rings (SSSR count). The normalized spacial score (nSPS) is 25.6. The Morgan fingerprint density at radius 1 is 1.31 bits per heavy atom. The van der Waals surface area contributed by atoms with Gasteiger partial charge in [0.2, 0.25) is 0 Å². The van der Waals surface area contributed by atoms with Gasteiger partial charge in [-0.2, -0.15) is 0 Å². The minimum atomic E-state index is 0.651. The van der Waals surface area contributed by atoms with Gasteiger partial charge in [-0.25, -0.2) is 0 Å². The summed E-state index contributed by atoms with van der Waals surface area (Å²) < 4.78 is 0. The Balaban J connectivity index is 2.02. The van der Waals surface area contributed by atoms with Gasteiger partial charge >= 0.3 is 0 Å². The molecule has 0 heterocycles. The van der Waals surface area contributed by atoms with Crippen LogP contribution in [0.15, 0.2) is 29.2 Å². The predicted octanol–water partition coefficient (Wildman–Crippen LogP) is 3.96. The zero-order valence-corrected chi connectivity index (χ0v) is 11.2. The molecular weight excluding hydrogens is 238 g/mol. The topological polar surface area (TPSA) is 12.0 Å². The molecule has 2 unspecified atom stereocenters. The van der Waals surface area contributed by atoms with Crippen molar-refractivity contribution in [2.24, 2.45) is 0 Å². The monoisotopic (exact) mass is 255 g/mol. The average Bonchev–Trinajstić information content (AvgIpc) is 2.30. The van der Waals surface area contributed by atoms with Gasteiger partial charge in [0.15, 0.2) is 0 Å². The highest BCUT2D eigenvalue weighted by Gasteiger charge is 2.24. The van der Waals surface area contributed by atoms with Gasteiger partial charge in [-0.15, -0.1) is 11.8 Å². The summed E-state index contributed by atoms with van der Waals surface area (Å²) in [5.41, 5.74) is 0. The fourth-order valence-electron chi connectivity index (χ4n) is 2.28. The molecule has 88 valence electrons. The molecule has 0 radical (unpaired) electrons. The zero-order valence-electron chi connectivity index (χ0n) is 9.58. The Morgan fingerprint density at radius 2 is 2.12 bits per heavy atom. The minimum absolute atomic E-state index is 0.651. The molecule has 3 heteroatoms. The Bertz CT molecular complexity index is 342. The highest BCUT2D eigenvalue weighted by molar-refractivity contribution is 8.00. The Hall–Kier alpha value is -0.180. The smallest absolute Gasteiger partial charge is 0.0417 e. The van der Waals surface area contributed by atoms with Crippen LogP contribution in [0, 0.1) is 0 Å². The van der Waals surface area contributed by atoms with Crippen molar-refractivity contribution in [3.63, 3.8) is 0 Å². The van der Waals surface area contributed by atoms with E-state index in [4.69, 9.17) is 11.6 Å². The lowest BCUT2D eigenvalue weighted by molar-refractivity contribution is 0.405. The van der Waals surface area contributed by atoms with Gasteiger partial charge in [-0.1, -0.05) is 30.5 Å². The molecule has 0 spiro atoms. The molecule has 1 aliphatic carbocycles. The number of nitrogens with one attached hydrogen (secondary N) is 1. The van der Waals surface area contributed by atoms with Gasteiger partial charge in [0.1, 0.15) is 0 Å². The van der Waals surface area contributed by atoms with Crippen molar-refractivity contribution in [1.29, 1.82) is 0 Å². The van der Waals surface area contributed by atoms with Gasteiger partial charge < -0.3 is 5.32 Å². The van der Waals surface area contributed by atoms with E-state index in [1.165, 1.54) is 30.6 Å². The first-order chi connectivity index (χ1) is 7.79. The number of halogens is 1. The van der Waals surface area contributed by atoms with Crippen LogP contribution >= 0.6 is 23.4 Å². The number of hydrogen-bond acceptors (Lipinski definition) is 2. The standard InChI is InChI=1S/C13H18ClNS/c1-15-12-7-2-3-8-13(12)16-11-6-4-5-10(14)9-11/h4-6,9,12-13,15H,2-3,7-8H2,1H3. The van der Waals surface area contributed by atoms with Crippen molar-refractivity contribution in [1.82, 2.24) is 5.32 Å². The van der Waals surface area contributed by atoms with E-state index in [1.54, 1.807) is 0 Å². The molecule has 1 aliphatic rings. The fourth-order valence-corrected chi connectivity index (χ4v) is 3.96. The first-order valence-electron chi connectivity index (χ1n) is 5.89. The van der Waals surface area contributed by atoms with Crippen LogP contribution in [0.1, 0.15) is 25.7 Å². The van der Waals surface area contributed by atoms with Crippen molar-refractivity contribution in [2.75, 3.05) is 7.05 Å². The number of thioether (sulfide) groups is 1. The second-order valence-electron chi connectivity index (χ2n) is 4.29. The maximum atomic E-state index is 6.00. The lowest BCUT2D eigenvalue weighted by Gasteiger charge is -2.30. The second kappa shape index (κ2) is 5.95. The maximum absolute atomic E-state index is 6.00. The first-order valence-corrected chi connectivity index (χ1v) is 7.15. The van der Waals surface area contributed by atoms with Crippen LogP contribution in [0.5, 0.6) is 0 Å². The summed E-state index contributed by atoms with van der Waals surface area (Å²) >= 11 is 7.97. The second-order valence-corrected chi connectivity index (χ2v) is 6.04. The largest absolute Gasteiger partial charge is 0.316 e. The molecule has 0 aromatic heterocycles. The summed E-state index contributed by atoms with van der Waals surface area (Å²) in [5, 5.41) is 4.96. The molecule has 0 saturated heterocycles. The van der Waals surface area contributed by atoms with E-state index in [2.05, 4.69) is 24.5 Å². The molecule has 1 saturated carbocycles. The van der Waals surface area contributed by atoms with Gasteiger partial charge in [0.25, 0.3) is 0 Å². The molecule has 1 fully saturated rings. The maximum Gasteiger partial charge on any atom is 0.0417 e. The van der Waals surface area contributed by atoms with E-state index in [0.29, 0.717) is 11.3 Å². The molecule has 16 heavy (non-hydrogen) atoms. The van der Waals surface area contributed by atoms with Crippen molar-refractivity contribution < 1.29 is 0 Å². The van der Waals surface area contributed by atoms with Crippen LogP contribution in [0.4, 0.5) is 0 Å². The van der Waals surface area contributed by atoms with E-state index in [9.17, 15) is 0 Å². The molecular formula is C13H18ClNS. The lowest BCUT2D eigenvalue weighted by atomic mass is 9.95. The van der Waals surface area contributed by atoms with Crippen molar-refractivity contribution in [3.05, 3.63) is 29.3 Å². The van der Waals surface area contributed by atoms with E-state index in [0.717, 1.165) is 5.02 Å². The van der Waals surface area contributed by atoms with Crippen LogP contribution in [0.2, 0.25) is 5.02 Å². The molecule has 0 aliphatic heterocycles. The van der Waals surface area contributed by atoms with Crippen molar-refractivity contribution in [3.8, 4) is 0 Å². The van der Waals surface area contributed by atoms with Crippen LogP contribution in [0.3, 0.4) is 0 Å². The first kappa shape index (κ1) is 12.3. The van der Waals surface area contributed by atoms with Crippen LogP contribution < -0.4 is 5.32 Å². The Morgan fingerprint density at radius 3 is 2.88 bits per heavy atom. The summed E-state index contributed by atoms with van der Waals surface area (Å²) in [6, 6.07) is 8.83. The average molecular weight is 256 g/mol. The van der Waals surface area contributed by atoms with Crippen molar-refractivity contribution >= 4 is 23.4 Å². The SMILES string of the molecule is CNC1CCCCC1Sc1cccc(Cl)c1. The number of rotatable bonds is 3. The van der Waals surface area contributed by atoms with E-state index < -0.39 is 0 Å². The van der Waals surface area contributed by atoms with Gasteiger partial charge in [-0.3, -0.25) is 0 Å². The summed E-state index contributed by atoms with van der Waals surface area (Å²) in [6.45, 7) is 0. The molecule has 1 aromatic rings. The summed E-state index contributed by atoms with van der Waals surface area (Å²) in [6.07, 6.45) is 5.33. The third-order valence-electron chi connectivity index (χ3n) is 3.16. The lowest BCUT2D eigenvalue weighted by Crippen LogP contribution is -2.38. The zero-order chi connectivity index (χ0) is 11.4. The van der Waals surface area contributed by atoms with E-state index in [1.807, 2.05) is 23.9 Å². The van der Waals surface area contributed by atoms with Crippen LogP contribution in [-0.4, -0.2) is 18.3 Å². The Kier molecular flexibility index (Phi) is 4.56.